The summed E-state index contributed by atoms with van der Waals surface area (Å²) < 4.78 is 5.83. The van der Waals surface area contributed by atoms with E-state index >= 15 is 0 Å². The molecule has 30 heavy (non-hydrogen) atoms. The fourth-order valence-corrected chi connectivity index (χ4v) is 3.38. The number of carbonyl (C=O) groups excluding carboxylic acids is 1. The highest BCUT2D eigenvalue weighted by molar-refractivity contribution is 6.04. The highest BCUT2D eigenvalue weighted by atomic mass is 16.5. The number of carbonyl (C=O) groups is 1. The summed E-state index contributed by atoms with van der Waals surface area (Å²) >= 11 is 0. The van der Waals surface area contributed by atoms with Gasteiger partial charge in [-0.25, -0.2) is 5.01 Å². The first kappa shape index (κ1) is 21.8. The molecule has 0 spiro atoms. The molecule has 0 unspecified atom stereocenters. The maximum absolute atomic E-state index is 12.3. The fourth-order valence-electron chi connectivity index (χ4n) is 3.38. The largest absolute Gasteiger partial charge is 0.494 e. The Balaban J connectivity index is 1.55. The van der Waals surface area contributed by atoms with E-state index in [0.29, 0.717) is 31.9 Å². The Morgan fingerprint density at radius 1 is 1.13 bits per heavy atom. The zero-order chi connectivity index (χ0) is 21.3. The van der Waals surface area contributed by atoms with E-state index in [1.54, 1.807) is 5.01 Å². The predicted octanol–water partition coefficient (Wildman–Crippen LogP) is 5.44. The van der Waals surface area contributed by atoms with Crippen LogP contribution in [0.4, 0.5) is 0 Å². The van der Waals surface area contributed by atoms with E-state index in [2.05, 4.69) is 18.9 Å². The van der Waals surface area contributed by atoms with Gasteiger partial charge in [-0.1, -0.05) is 44.2 Å². The lowest BCUT2D eigenvalue weighted by atomic mass is 9.99. The van der Waals surface area contributed by atoms with Crippen molar-refractivity contribution in [1.82, 2.24) is 5.01 Å². The molecule has 1 aliphatic rings. The van der Waals surface area contributed by atoms with Crippen LogP contribution in [0.25, 0.3) is 0 Å². The first-order valence-electron chi connectivity index (χ1n) is 10.8. The summed E-state index contributed by atoms with van der Waals surface area (Å²) in [4.78, 5) is 12.3. The summed E-state index contributed by atoms with van der Waals surface area (Å²) in [5.41, 5.74) is 3.83. The van der Waals surface area contributed by atoms with Gasteiger partial charge in [-0.05, 0) is 60.6 Å². The van der Waals surface area contributed by atoms with E-state index in [-0.39, 0.29) is 5.91 Å². The van der Waals surface area contributed by atoms with Gasteiger partial charge in [-0.2, -0.15) is 5.10 Å². The first-order valence-corrected chi connectivity index (χ1v) is 10.8. The highest BCUT2D eigenvalue weighted by Crippen LogP contribution is 2.20. The first-order chi connectivity index (χ1) is 14.6. The summed E-state index contributed by atoms with van der Waals surface area (Å²) in [6.07, 6.45) is 3.79. The summed E-state index contributed by atoms with van der Waals surface area (Å²) in [6.45, 7) is 5.32. The SMILES string of the molecule is CC[C@@H](C)C(=N)CCCOc1ccc(C2=NN(Cc3ccccc3)C(=O)CC2)cc1. The molecule has 0 fully saturated rings. The van der Waals surface area contributed by atoms with Crippen molar-refractivity contribution < 1.29 is 9.53 Å². The van der Waals surface area contributed by atoms with Crippen LogP contribution in [0.1, 0.15) is 57.1 Å². The quantitative estimate of drug-likeness (QED) is 0.423. The van der Waals surface area contributed by atoms with Crippen LogP contribution in [0.2, 0.25) is 0 Å². The summed E-state index contributed by atoms with van der Waals surface area (Å²) in [7, 11) is 0. The van der Waals surface area contributed by atoms with Crippen LogP contribution >= 0.6 is 0 Å². The molecule has 1 aliphatic heterocycles. The maximum Gasteiger partial charge on any atom is 0.243 e. The Morgan fingerprint density at radius 3 is 2.57 bits per heavy atom. The lowest BCUT2D eigenvalue weighted by molar-refractivity contribution is -0.132. The molecule has 1 N–H and O–H groups in total. The molecule has 0 radical (unpaired) electrons. The number of hydrogen-bond donors (Lipinski definition) is 1. The molecule has 158 valence electrons. The van der Waals surface area contributed by atoms with Gasteiger partial charge in [0.25, 0.3) is 0 Å². The predicted molar refractivity (Wildman–Crippen MR) is 121 cm³/mol. The Morgan fingerprint density at radius 2 is 1.87 bits per heavy atom. The zero-order valence-corrected chi connectivity index (χ0v) is 17.9. The standard InChI is InChI=1S/C25H31N3O2/c1-3-19(2)23(26)10-7-17-30-22-13-11-21(12-14-22)24-15-16-25(29)28(27-24)18-20-8-5-4-6-9-20/h4-6,8-9,11-14,19,26H,3,7,10,15-18H2,1-2H3/t19-/m1/s1. The van der Waals surface area contributed by atoms with Gasteiger partial charge in [0.1, 0.15) is 5.75 Å². The van der Waals surface area contributed by atoms with Gasteiger partial charge in [0.15, 0.2) is 0 Å². The van der Waals surface area contributed by atoms with Crippen molar-refractivity contribution >= 4 is 17.3 Å². The highest BCUT2D eigenvalue weighted by Gasteiger charge is 2.21. The molecule has 0 saturated carbocycles. The minimum Gasteiger partial charge on any atom is -0.494 e. The monoisotopic (exact) mass is 405 g/mol. The van der Waals surface area contributed by atoms with Crippen LogP contribution in [0.15, 0.2) is 59.7 Å². The Labute approximate surface area is 179 Å². The number of nitrogens with zero attached hydrogens (tertiary/aromatic N) is 2. The van der Waals surface area contributed by atoms with Crippen molar-refractivity contribution in [3.8, 4) is 5.75 Å². The maximum atomic E-state index is 12.3. The zero-order valence-electron chi connectivity index (χ0n) is 17.9. The van der Waals surface area contributed by atoms with Crippen LogP contribution < -0.4 is 4.74 Å². The van der Waals surface area contributed by atoms with Gasteiger partial charge < -0.3 is 10.1 Å². The number of amides is 1. The minimum atomic E-state index is 0.0607. The van der Waals surface area contributed by atoms with Crippen LogP contribution in [0, 0.1) is 11.3 Å². The number of rotatable bonds is 10. The van der Waals surface area contributed by atoms with Gasteiger partial charge in [-0.3, -0.25) is 4.79 Å². The molecule has 5 nitrogen and oxygen atoms in total. The average molecular weight is 406 g/mol. The van der Waals surface area contributed by atoms with Crippen LogP contribution in [0.3, 0.4) is 0 Å². The smallest absolute Gasteiger partial charge is 0.243 e. The third kappa shape index (κ3) is 6.02. The van der Waals surface area contributed by atoms with Crippen LogP contribution in [-0.4, -0.2) is 28.9 Å². The Hall–Kier alpha value is -2.95. The van der Waals surface area contributed by atoms with Gasteiger partial charge in [-0.15, -0.1) is 0 Å². The number of nitrogens with one attached hydrogen (secondary N) is 1. The molecule has 0 aliphatic carbocycles. The molecule has 2 aromatic carbocycles. The van der Waals surface area contributed by atoms with E-state index in [1.807, 2.05) is 54.6 Å². The second-order valence-electron chi connectivity index (χ2n) is 7.79. The average Bonchev–Trinajstić information content (AvgIpc) is 2.78. The number of ether oxygens (including phenoxy) is 1. The molecule has 2 aromatic rings. The second kappa shape index (κ2) is 10.7. The molecule has 1 atom stereocenters. The van der Waals surface area contributed by atoms with Gasteiger partial charge in [0.05, 0.1) is 18.9 Å². The number of hydrogen-bond acceptors (Lipinski definition) is 4. The molecule has 5 heteroatoms. The molecule has 0 saturated heterocycles. The van der Waals surface area contributed by atoms with E-state index in [9.17, 15) is 4.79 Å². The van der Waals surface area contributed by atoms with Gasteiger partial charge >= 0.3 is 0 Å². The minimum absolute atomic E-state index is 0.0607. The summed E-state index contributed by atoms with van der Waals surface area (Å²) in [6, 6.07) is 17.8. The third-order valence-corrected chi connectivity index (χ3v) is 5.53. The lowest BCUT2D eigenvalue weighted by Gasteiger charge is -2.24. The summed E-state index contributed by atoms with van der Waals surface area (Å²) in [5, 5.41) is 14.2. The topological polar surface area (TPSA) is 65.8 Å². The van der Waals surface area contributed by atoms with Crippen molar-refractivity contribution in [1.29, 1.82) is 5.41 Å². The van der Waals surface area contributed by atoms with Crippen LogP contribution in [0.5, 0.6) is 5.75 Å². The van der Waals surface area contributed by atoms with E-state index in [0.717, 1.165) is 47.6 Å². The van der Waals surface area contributed by atoms with E-state index in [4.69, 9.17) is 10.1 Å². The molecular weight excluding hydrogens is 374 g/mol. The van der Waals surface area contributed by atoms with E-state index in [1.165, 1.54) is 0 Å². The fraction of sp³-hybridized carbons (Fsp3) is 0.400. The van der Waals surface area contributed by atoms with Crippen molar-refractivity contribution in [3.05, 3.63) is 65.7 Å². The molecule has 1 heterocycles. The molecule has 1 amide bonds. The van der Waals surface area contributed by atoms with Gasteiger partial charge in [0, 0.05) is 18.6 Å². The van der Waals surface area contributed by atoms with E-state index < -0.39 is 0 Å². The molecule has 0 aromatic heterocycles. The normalized spacial score (nSPS) is 14.9. The lowest BCUT2D eigenvalue weighted by Crippen LogP contribution is -2.31. The molecular formula is C25H31N3O2. The molecule has 3 rings (SSSR count). The second-order valence-corrected chi connectivity index (χ2v) is 7.79. The number of benzene rings is 2. The summed E-state index contributed by atoms with van der Waals surface area (Å²) in [5.74, 6) is 1.24. The van der Waals surface area contributed by atoms with Crippen molar-refractivity contribution in [3.63, 3.8) is 0 Å². The Kier molecular flexibility index (Phi) is 7.77. The third-order valence-electron chi connectivity index (χ3n) is 5.53. The molecule has 0 bridgehead atoms. The van der Waals surface area contributed by atoms with Crippen LogP contribution in [-0.2, 0) is 11.3 Å². The van der Waals surface area contributed by atoms with Crippen molar-refractivity contribution in [2.75, 3.05) is 6.61 Å². The van der Waals surface area contributed by atoms with Crippen molar-refractivity contribution in [2.24, 2.45) is 11.0 Å². The number of hydrazone groups is 1. The van der Waals surface area contributed by atoms with Gasteiger partial charge in [0.2, 0.25) is 5.91 Å². The Bertz CT molecular complexity index is 875. The van der Waals surface area contributed by atoms with Crippen molar-refractivity contribution in [2.45, 2.75) is 52.5 Å².